The van der Waals surface area contributed by atoms with Gasteiger partial charge < -0.3 is 14.8 Å². The molecule has 1 aromatic rings. The summed E-state index contributed by atoms with van der Waals surface area (Å²) in [5.74, 6) is 1.71. The van der Waals surface area contributed by atoms with E-state index in [1.54, 1.807) is 7.11 Å². The summed E-state index contributed by atoms with van der Waals surface area (Å²) in [5.41, 5.74) is 1.06. The second-order valence-electron chi connectivity index (χ2n) is 7.97. The standard InChI is InChI=1S/C22H35N3O3/c1-18(22(26)23-17-20-4-3-5-21(16-20)27-2)25-10-7-19(8-11-25)6-9-24-12-14-28-15-13-24/h3-5,16,18-19H,6-15,17H2,1-2H3,(H,23,26). The summed E-state index contributed by atoms with van der Waals surface area (Å²) in [7, 11) is 1.66. The van der Waals surface area contributed by atoms with Crippen molar-refractivity contribution in [3.05, 3.63) is 29.8 Å². The lowest BCUT2D eigenvalue weighted by Crippen LogP contribution is -2.48. The summed E-state index contributed by atoms with van der Waals surface area (Å²) in [6.07, 6.45) is 3.65. The van der Waals surface area contributed by atoms with E-state index in [1.807, 2.05) is 31.2 Å². The van der Waals surface area contributed by atoms with Crippen LogP contribution in [0.15, 0.2) is 24.3 Å². The zero-order chi connectivity index (χ0) is 19.8. The first kappa shape index (κ1) is 21.1. The summed E-state index contributed by atoms with van der Waals surface area (Å²) in [5, 5.41) is 3.07. The van der Waals surface area contributed by atoms with Crippen LogP contribution in [-0.4, -0.2) is 74.8 Å². The van der Waals surface area contributed by atoms with E-state index in [4.69, 9.17) is 9.47 Å². The van der Waals surface area contributed by atoms with Gasteiger partial charge in [-0.05, 0) is 69.4 Å². The average molecular weight is 390 g/mol. The maximum Gasteiger partial charge on any atom is 0.237 e. The highest BCUT2D eigenvalue weighted by Gasteiger charge is 2.26. The Bertz CT molecular complexity index is 611. The van der Waals surface area contributed by atoms with Gasteiger partial charge in [-0.3, -0.25) is 14.6 Å². The predicted octanol–water partition coefficient (Wildman–Crippen LogP) is 2.13. The van der Waals surface area contributed by atoms with Crippen LogP contribution in [0.1, 0.15) is 31.7 Å². The van der Waals surface area contributed by atoms with Gasteiger partial charge in [0.05, 0.1) is 26.4 Å². The molecule has 3 rings (SSSR count). The molecule has 2 aliphatic heterocycles. The molecule has 2 heterocycles. The normalized spacial score (nSPS) is 20.6. The van der Waals surface area contributed by atoms with E-state index in [1.165, 1.54) is 25.8 Å². The highest BCUT2D eigenvalue weighted by molar-refractivity contribution is 5.81. The molecule has 0 aliphatic carbocycles. The van der Waals surface area contributed by atoms with E-state index in [-0.39, 0.29) is 11.9 Å². The minimum absolute atomic E-state index is 0.0780. The zero-order valence-corrected chi connectivity index (χ0v) is 17.4. The molecular formula is C22H35N3O3. The molecule has 1 amide bonds. The number of morpholine rings is 1. The topological polar surface area (TPSA) is 54.0 Å². The highest BCUT2D eigenvalue weighted by Crippen LogP contribution is 2.22. The lowest BCUT2D eigenvalue weighted by molar-refractivity contribution is -0.126. The smallest absolute Gasteiger partial charge is 0.237 e. The van der Waals surface area contributed by atoms with Gasteiger partial charge in [-0.15, -0.1) is 0 Å². The first-order valence-electron chi connectivity index (χ1n) is 10.6. The maximum atomic E-state index is 12.6. The van der Waals surface area contributed by atoms with E-state index in [0.29, 0.717) is 6.54 Å². The van der Waals surface area contributed by atoms with Crippen LogP contribution in [0.25, 0.3) is 0 Å². The minimum atomic E-state index is -0.0780. The summed E-state index contributed by atoms with van der Waals surface area (Å²) in [4.78, 5) is 17.4. The third-order valence-corrected chi connectivity index (χ3v) is 6.13. The number of carbonyl (C=O) groups excluding carboxylic acids is 1. The number of likely N-dealkylation sites (tertiary alicyclic amines) is 1. The van der Waals surface area contributed by atoms with Gasteiger partial charge in [-0.25, -0.2) is 0 Å². The molecule has 6 heteroatoms. The SMILES string of the molecule is COc1cccc(CNC(=O)C(C)N2CCC(CCN3CCOCC3)CC2)c1. The molecule has 0 saturated carbocycles. The number of nitrogens with zero attached hydrogens (tertiary/aromatic N) is 2. The van der Waals surface area contributed by atoms with Gasteiger partial charge in [0, 0.05) is 19.6 Å². The van der Waals surface area contributed by atoms with Gasteiger partial charge in [0.15, 0.2) is 0 Å². The third-order valence-electron chi connectivity index (χ3n) is 6.13. The number of amides is 1. The number of ether oxygens (including phenoxy) is 2. The molecule has 156 valence electrons. The molecule has 0 spiro atoms. The monoisotopic (exact) mass is 389 g/mol. The predicted molar refractivity (Wildman–Crippen MR) is 110 cm³/mol. The van der Waals surface area contributed by atoms with Crippen molar-refractivity contribution in [2.45, 2.75) is 38.8 Å². The second kappa shape index (κ2) is 10.8. The molecule has 0 bridgehead atoms. The van der Waals surface area contributed by atoms with Crippen LogP contribution < -0.4 is 10.1 Å². The van der Waals surface area contributed by atoms with Crippen molar-refractivity contribution >= 4 is 5.91 Å². The van der Waals surface area contributed by atoms with Crippen molar-refractivity contribution in [3.63, 3.8) is 0 Å². The van der Waals surface area contributed by atoms with Crippen molar-refractivity contribution in [2.75, 3.05) is 53.0 Å². The maximum absolute atomic E-state index is 12.6. The van der Waals surface area contributed by atoms with Gasteiger partial charge in [0.2, 0.25) is 5.91 Å². The van der Waals surface area contributed by atoms with Gasteiger partial charge in [-0.2, -0.15) is 0 Å². The number of carbonyl (C=O) groups is 1. The summed E-state index contributed by atoms with van der Waals surface area (Å²) < 4.78 is 10.7. The lowest BCUT2D eigenvalue weighted by atomic mass is 9.92. The number of hydrogen-bond acceptors (Lipinski definition) is 5. The van der Waals surface area contributed by atoms with Gasteiger partial charge in [0.25, 0.3) is 0 Å². The Morgan fingerprint density at radius 2 is 2.00 bits per heavy atom. The molecule has 28 heavy (non-hydrogen) atoms. The molecule has 1 unspecified atom stereocenters. The van der Waals surface area contributed by atoms with Crippen LogP contribution in [0.5, 0.6) is 5.75 Å². The lowest BCUT2D eigenvalue weighted by Gasteiger charge is -2.36. The Kier molecular flexibility index (Phi) is 8.13. The van der Waals surface area contributed by atoms with Crippen molar-refractivity contribution in [2.24, 2.45) is 5.92 Å². The Morgan fingerprint density at radius 3 is 2.71 bits per heavy atom. The molecule has 1 atom stereocenters. The Morgan fingerprint density at radius 1 is 1.25 bits per heavy atom. The van der Waals surface area contributed by atoms with E-state index in [9.17, 15) is 4.79 Å². The van der Waals surface area contributed by atoms with Crippen LogP contribution in [-0.2, 0) is 16.1 Å². The molecular weight excluding hydrogens is 354 g/mol. The first-order chi connectivity index (χ1) is 13.7. The van der Waals surface area contributed by atoms with E-state index in [2.05, 4.69) is 15.1 Å². The molecule has 2 saturated heterocycles. The van der Waals surface area contributed by atoms with Crippen LogP contribution in [0.3, 0.4) is 0 Å². The fourth-order valence-corrected chi connectivity index (χ4v) is 4.10. The minimum Gasteiger partial charge on any atom is -0.497 e. The van der Waals surface area contributed by atoms with Crippen molar-refractivity contribution in [1.82, 2.24) is 15.1 Å². The second-order valence-corrected chi connectivity index (χ2v) is 7.97. The molecule has 0 radical (unpaired) electrons. The zero-order valence-electron chi connectivity index (χ0n) is 17.4. The molecule has 2 fully saturated rings. The number of hydrogen-bond donors (Lipinski definition) is 1. The van der Waals surface area contributed by atoms with Gasteiger partial charge in [-0.1, -0.05) is 12.1 Å². The summed E-state index contributed by atoms with van der Waals surface area (Å²) >= 11 is 0. The van der Waals surface area contributed by atoms with Crippen molar-refractivity contribution < 1.29 is 14.3 Å². The fourth-order valence-electron chi connectivity index (χ4n) is 4.10. The summed E-state index contributed by atoms with van der Waals surface area (Å²) in [6.45, 7) is 9.67. The molecule has 1 N–H and O–H groups in total. The molecule has 0 aromatic heterocycles. The number of nitrogens with one attached hydrogen (secondary N) is 1. The highest BCUT2D eigenvalue weighted by atomic mass is 16.5. The number of methoxy groups -OCH3 is 1. The Hall–Kier alpha value is -1.63. The molecule has 2 aliphatic rings. The van der Waals surface area contributed by atoms with E-state index < -0.39 is 0 Å². The third kappa shape index (κ3) is 6.19. The van der Waals surface area contributed by atoms with E-state index >= 15 is 0 Å². The van der Waals surface area contributed by atoms with Gasteiger partial charge >= 0.3 is 0 Å². The first-order valence-corrected chi connectivity index (χ1v) is 10.6. The number of rotatable bonds is 8. The quantitative estimate of drug-likeness (QED) is 0.738. The molecule has 6 nitrogen and oxygen atoms in total. The summed E-state index contributed by atoms with van der Waals surface area (Å²) in [6, 6.07) is 7.76. The van der Waals surface area contributed by atoms with E-state index in [0.717, 1.165) is 56.6 Å². The fraction of sp³-hybridized carbons (Fsp3) is 0.682. The van der Waals surface area contributed by atoms with Crippen LogP contribution in [0, 0.1) is 5.92 Å². The largest absolute Gasteiger partial charge is 0.497 e. The Labute approximate surface area is 169 Å². The number of piperidine rings is 1. The van der Waals surface area contributed by atoms with Crippen LogP contribution in [0.2, 0.25) is 0 Å². The Balaban J connectivity index is 1.36. The average Bonchev–Trinajstić information content (AvgIpc) is 2.76. The van der Waals surface area contributed by atoms with Crippen LogP contribution in [0.4, 0.5) is 0 Å². The van der Waals surface area contributed by atoms with Crippen molar-refractivity contribution in [1.29, 1.82) is 0 Å². The van der Waals surface area contributed by atoms with Crippen molar-refractivity contribution in [3.8, 4) is 5.75 Å². The van der Waals surface area contributed by atoms with Gasteiger partial charge in [0.1, 0.15) is 5.75 Å². The molecule has 1 aromatic carbocycles. The number of benzene rings is 1. The van der Waals surface area contributed by atoms with Crippen LogP contribution >= 0.6 is 0 Å².